The van der Waals surface area contributed by atoms with Crippen molar-refractivity contribution in [3.8, 4) is 0 Å². The minimum Gasteiger partial charge on any atom is -0.378 e. The number of fused-ring (bicyclic) bond motifs is 1. The Hall–Kier alpha value is -2.84. The molecule has 0 bridgehead atoms. The average molecular weight is 478 g/mol. The first-order valence-corrected chi connectivity index (χ1v) is 12.9. The van der Waals surface area contributed by atoms with E-state index in [1.54, 1.807) is 0 Å². The van der Waals surface area contributed by atoms with Crippen LogP contribution >= 0.6 is 11.8 Å². The van der Waals surface area contributed by atoms with Crippen molar-refractivity contribution in [1.82, 2.24) is 20.1 Å². The number of amides is 1. The molecule has 0 unspecified atom stereocenters. The van der Waals surface area contributed by atoms with Gasteiger partial charge in [-0.2, -0.15) is 0 Å². The lowest BCUT2D eigenvalue weighted by Crippen LogP contribution is -2.38. The van der Waals surface area contributed by atoms with Crippen LogP contribution in [0.4, 0.5) is 5.95 Å². The maximum Gasteiger partial charge on any atom is 0.233 e. The van der Waals surface area contributed by atoms with Crippen LogP contribution in [-0.4, -0.2) is 52.2 Å². The van der Waals surface area contributed by atoms with Crippen LogP contribution in [0.2, 0.25) is 0 Å². The summed E-state index contributed by atoms with van der Waals surface area (Å²) < 4.78 is 7.65. The van der Waals surface area contributed by atoms with Gasteiger partial charge in [0.05, 0.1) is 31.1 Å². The van der Waals surface area contributed by atoms with Crippen LogP contribution in [0.1, 0.15) is 42.5 Å². The molecule has 2 atom stereocenters. The first kappa shape index (κ1) is 22.9. The van der Waals surface area contributed by atoms with E-state index in [1.807, 2.05) is 25.1 Å². The van der Waals surface area contributed by atoms with Crippen LogP contribution < -0.4 is 10.2 Å². The molecule has 5 rings (SSSR count). The number of anilines is 1. The normalized spacial score (nSPS) is 18.9. The van der Waals surface area contributed by atoms with Crippen LogP contribution in [0.5, 0.6) is 0 Å². The van der Waals surface area contributed by atoms with E-state index in [9.17, 15) is 4.79 Å². The number of benzene rings is 2. The molecule has 3 aromatic rings. The maximum atomic E-state index is 13.2. The highest BCUT2D eigenvalue weighted by atomic mass is 32.2. The van der Waals surface area contributed by atoms with Gasteiger partial charge in [-0.05, 0) is 42.9 Å². The van der Waals surface area contributed by atoms with Crippen LogP contribution in [0.15, 0.2) is 59.8 Å². The summed E-state index contributed by atoms with van der Waals surface area (Å²) in [5.41, 5.74) is 3.77. The van der Waals surface area contributed by atoms with Crippen LogP contribution in [0.25, 0.3) is 0 Å². The largest absolute Gasteiger partial charge is 0.378 e. The third-order valence-corrected chi connectivity index (χ3v) is 7.59. The Morgan fingerprint density at radius 1 is 1.12 bits per heavy atom. The van der Waals surface area contributed by atoms with Crippen molar-refractivity contribution in [3.63, 3.8) is 0 Å². The third-order valence-electron chi connectivity index (χ3n) is 6.51. The SMILES string of the molecule is C[C@@H](Sc1nnc(N2CCOCC2)n1Cc1ccccc1)C(=O)N[C@H]1CCCc2ccccc21. The summed E-state index contributed by atoms with van der Waals surface area (Å²) in [6.07, 6.45) is 3.16. The summed E-state index contributed by atoms with van der Waals surface area (Å²) in [6, 6.07) is 18.8. The first-order valence-electron chi connectivity index (χ1n) is 12.0. The fourth-order valence-corrected chi connectivity index (χ4v) is 5.53. The lowest BCUT2D eigenvalue weighted by atomic mass is 9.88. The predicted octanol–water partition coefficient (Wildman–Crippen LogP) is 3.84. The molecular formula is C26H31N5O2S. The molecule has 1 aromatic heterocycles. The van der Waals surface area contributed by atoms with Gasteiger partial charge in [-0.25, -0.2) is 0 Å². The minimum absolute atomic E-state index is 0.0360. The van der Waals surface area contributed by atoms with Gasteiger partial charge in [-0.1, -0.05) is 66.4 Å². The van der Waals surface area contributed by atoms with E-state index in [2.05, 4.69) is 61.4 Å². The van der Waals surface area contributed by atoms with Gasteiger partial charge in [-0.15, -0.1) is 10.2 Å². The van der Waals surface area contributed by atoms with Crippen molar-refractivity contribution in [3.05, 3.63) is 71.3 Å². The van der Waals surface area contributed by atoms with Gasteiger partial charge in [0.25, 0.3) is 0 Å². The number of morpholine rings is 1. The van der Waals surface area contributed by atoms with Crippen molar-refractivity contribution in [2.45, 2.75) is 49.2 Å². The fourth-order valence-electron chi connectivity index (χ4n) is 4.67. The highest BCUT2D eigenvalue weighted by Gasteiger charge is 2.27. The number of aryl methyl sites for hydroxylation is 1. The van der Waals surface area contributed by atoms with Crippen molar-refractivity contribution in [1.29, 1.82) is 0 Å². The number of thioether (sulfide) groups is 1. The number of nitrogens with zero attached hydrogens (tertiary/aromatic N) is 4. The minimum atomic E-state index is -0.287. The summed E-state index contributed by atoms with van der Waals surface area (Å²) >= 11 is 1.47. The number of carbonyl (C=O) groups is 1. The fraction of sp³-hybridized carbons (Fsp3) is 0.423. The monoisotopic (exact) mass is 477 g/mol. The van der Waals surface area contributed by atoms with Crippen molar-refractivity contribution >= 4 is 23.6 Å². The summed E-state index contributed by atoms with van der Waals surface area (Å²) in [5, 5.41) is 12.8. The first-order chi connectivity index (χ1) is 16.7. The molecule has 1 saturated heterocycles. The van der Waals surface area contributed by atoms with Crippen molar-refractivity contribution in [2.75, 3.05) is 31.2 Å². The van der Waals surface area contributed by atoms with Crippen LogP contribution in [0.3, 0.4) is 0 Å². The number of hydrogen-bond donors (Lipinski definition) is 1. The lowest BCUT2D eigenvalue weighted by Gasteiger charge is -2.28. The van der Waals surface area contributed by atoms with Gasteiger partial charge in [0, 0.05) is 13.1 Å². The zero-order valence-electron chi connectivity index (χ0n) is 19.5. The molecule has 7 nitrogen and oxygen atoms in total. The van der Waals surface area contributed by atoms with Gasteiger partial charge in [0.15, 0.2) is 5.16 Å². The molecule has 1 aliphatic heterocycles. The van der Waals surface area contributed by atoms with Crippen molar-refractivity contribution < 1.29 is 9.53 Å². The Kier molecular flexibility index (Phi) is 7.16. The maximum absolute atomic E-state index is 13.2. The Bertz CT molecular complexity index is 1110. The van der Waals surface area contributed by atoms with E-state index in [0.29, 0.717) is 19.8 Å². The van der Waals surface area contributed by atoms with Gasteiger partial charge in [0.1, 0.15) is 0 Å². The molecular weight excluding hydrogens is 446 g/mol. The molecule has 0 saturated carbocycles. The van der Waals surface area contributed by atoms with Crippen LogP contribution in [-0.2, 0) is 22.5 Å². The smallest absolute Gasteiger partial charge is 0.233 e. The highest BCUT2D eigenvalue weighted by molar-refractivity contribution is 8.00. The summed E-state index contributed by atoms with van der Waals surface area (Å²) in [6.45, 7) is 5.55. The second-order valence-electron chi connectivity index (χ2n) is 8.87. The molecule has 2 aromatic carbocycles. The molecule has 34 heavy (non-hydrogen) atoms. The molecule has 1 N–H and O–H groups in total. The average Bonchev–Trinajstić information content (AvgIpc) is 3.27. The highest BCUT2D eigenvalue weighted by Crippen LogP contribution is 2.31. The molecule has 1 fully saturated rings. The second-order valence-corrected chi connectivity index (χ2v) is 10.2. The predicted molar refractivity (Wildman–Crippen MR) is 134 cm³/mol. The molecule has 1 aliphatic carbocycles. The molecule has 2 aliphatic rings. The lowest BCUT2D eigenvalue weighted by molar-refractivity contribution is -0.121. The van der Waals surface area contributed by atoms with Crippen molar-refractivity contribution in [2.24, 2.45) is 0 Å². The van der Waals surface area contributed by atoms with E-state index >= 15 is 0 Å². The van der Waals surface area contributed by atoms with E-state index in [0.717, 1.165) is 43.5 Å². The molecule has 178 valence electrons. The molecule has 0 spiro atoms. The third kappa shape index (κ3) is 5.13. The number of ether oxygens (including phenoxy) is 1. The number of hydrogen-bond acceptors (Lipinski definition) is 6. The van der Waals surface area contributed by atoms with E-state index in [-0.39, 0.29) is 17.2 Å². The summed E-state index contributed by atoms with van der Waals surface area (Å²) in [5.74, 6) is 0.873. The zero-order chi connectivity index (χ0) is 23.3. The van der Waals surface area contributed by atoms with Gasteiger partial charge < -0.3 is 15.0 Å². The van der Waals surface area contributed by atoms with E-state index < -0.39 is 0 Å². The molecule has 0 radical (unpaired) electrons. The van der Waals surface area contributed by atoms with Gasteiger partial charge in [0.2, 0.25) is 11.9 Å². The molecule has 1 amide bonds. The van der Waals surface area contributed by atoms with Gasteiger partial charge >= 0.3 is 0 Å². The summed E-state index contributed by atoms with van der Waals surface area (Å²) in [4.78, 5) is 15.4. The Morgan fingerprint density at radius 3 is 2.71 bits per heavy atom. The van der Waals surface area contributed by atoms with Crippen LogP contribution in [0, 0.1) is 0 Å². The number of nitrogens with one attached hydrogen (secondary N) is 1. The Balaban J connectivity index is 1.33. The number of aromatic nitrogens is 3. The Labute approximate surface area is 204 Å². The van der Waals surface area contributed by atoms with E-state index in [4.69, 9.17) is 4.74 Å². The molecule has 2 heterocycles. The molecule has 8 heteroatoms. The number of rotatable bonds is 7. The topological polar surface area (TPSA) is 72.3 Å². The zero-order valence-corrected chi connectivity index (χ0v) is 20.3. The quantitative estimate of drug-likeness (QED) is 0.522. The van der Waals surface area contributed by atoms with Gasteiger partial charge in [-0.3, -0.25) is 9.36 Å². The standard InChI is InChI=1S/C26H31N5O2S/c1-19(24(32)27-23-13-7-11-21-10-5-6-12-22(21)23)34-26-29-28-25(30-14-16-33-17-15-30)31(26)18-20-8-3-2-4-9-20/h2-6,8-10,12,19,23H,7,11,13-18H2,1H3,(H,27,32)/t19-,23+/m1/s1. The van der Waals surface area contributed by atoms with E-state index in [1.165, 1.54) is 28.5 Å². The number of carbonyl (C=O) groups excluding carboxylic acids is 1. The summed E-state index contributed by atoms with van der Waals surface area (Å²) in [7, 11) is 0. The second kappa shape index (κ2) is 10.6. The Morgan fingerprint density at radius 2 is 1.88 bits per heavy atom.